The van der Waals surface area contributed by atoms with Gasteiger partial charge < -0.3 is 0 Å². The van der Waals surface area contributed by atoms with Crippen LogP contribution in [0, 0.1) is 0 Å². The maximum absolute atomic E-state index is 6.59. The molecule has 0 N–H and O–H groups in total. The first kappa shape index (κ1) is 15.5. The fraction of sp³-hybridized carbons (Fsp3) is 1.00. The lowest BCUT2D eigenvalue weighted by molar-refractivity contribution is 0.622. The van der Waals surface area contributed by atoms with Crippen molar-refractivity contribution in [1.29, 1.82) is 0 Å². The van der Waals surface area contributed by atoms with Gasteiger partial charge in [-0.05, 0) is 12.1 Å². The van der Waals surface area contributed by atoms with Crippen LogP contribution in [0.15, 0.2) is 0 Å². The minimum absolute atomic E-state index is 1.30. The zero-order valence-corrected chi connectivity index (χ0v) is 12.7. The van der Waals surface area contributed by atoms with Gasteiger partial charge >= 0.3 is 0 Å². The van der Waals surface area contributed by atoms with Gasteiger partial charge in [0.15, 0.2) is 7.38 Å². The molecule has 0 aromatic rings. The van der Waals surface area contributed by atoms with E-state index in [4.69, 9.17) is 11.1 Å². The van der Waals surface area contributed by atoms with Crippen molar-refractivity contribution in [2.75, 3.05) is 0 Å². The molecule has 15 heavy (non-hydrogen) atoms. The molecule has 0 aromatic heterocycles. The third-order valence-corrected chi connectivity index (χ3v) is 7.03. The fourth-order valence-electron chi connectivity index (χ4n) is 1.94. The van der Waals surface area contributed by atoms with Crippen molar-refractivity contribution in [3.8, 4) is 0 Å². The molecule has 0 amide bonds. The Morgan fingerprint density at radius 2 is 1.20 bits per heavy atom. The van der Waals surface area contributed by atoms with E-state index in [9.17, 15) is 0 Å². The van der Waals surface area contributed by atoms with E-state index in [1.807, 2.05) is 0 Å². The van der Waals surface area contributed by atoms with Gasteiger partial charge in [0.2, 0.25) is 0 Å². The number of rotatable bonds is 10. The van der Waals surface area contributed by atoms with E-state index in [0.717, 1.165) is 0 Å². The number of halogens is 1. The van der Waals surface area contributed by atoms with Crippen LogP contribution in [-0.4, -0.2) is 7.38 Å². The Balaban J connectivity index is 3.32. The standard InChI is InChI=1S/C13H29ClSi/c1-4-6-8-9-10-11-13-15(3,14)12-7-5-2/h4-13H2,1-3H3. The summed E-state index contributed by atoms with van der Waals surface area (Å²) in [6.07, 6.45) is 11.0. The van der Waals surface area contributed by atoms with Gasteiger partial charge in [0.05, 0.1) is 0 Å². The molecule has 0 nitrogen and oxygen atoms in total. The first-order chi connectivity index (χ1) is 7.12. The van der Waals surface area contributed by atoms with Crippen molar-refractivity contribution < 1.29 is 0 Å². The van der Waals surface area contributed by atoms with Crippen LogP contribution in [0.5, 0.6) is 0 Å². The third-order valence-electron chi connectivity index (χ3n) is 3.10. The van der Waals surface area contributed by atoms with Crippen molar-refractivity contribution in [3.05, 3.63) is 0 Å². The van der Waals surface area contributed by atoms with Crippen LogP contribution in [0.4, 0.5) is 0 Å². The Bertz CT molecular complexity index is 134. The largest absolute Gasteiger partial charge is 0.167 e. The van der Waals surface area contributed by atoms with Gasteiger partial charge in [-0.25, -0.2) is 0 Å². The Morgan fingerprint density at radius 1 is 0.733 bits per heavy atom. The lowest BCUT2D eigenvalue weighted by Gasteiger charge is -2.18. The van der Waals surface area contributed by atoms with Crippen LogP contribution >= 0.6 is 11.1 Å². The predicted octanol–water partition coefficient (Wildman–Crippen LogP) is 5.96. The van der Waals surface area contributed by atoms with Crippen molar-refractivity contribution in [3.63, 3.8) is 0 Å². The quantitative estimate of drug-likeness (QED) is 0.254. The summed E-state index contributed by atoms with van der Waals surface area (Å²) >= 11 is 6.59. The van der Waals surface area contributed by atoms with Gasteiger partial charge in [-0.3, -0.25) is 0 Å². The van der Waals surface area contributed by atoms with E-state index in [0.29, 0.717) is 0 Å². The maximum Gasteiger partial charge on any atom is 0.153 e. The van der Waals surface area contributed by atoms with Gasteiger partial charge in [-0.1, -0.05) is 71.8 Å². The van der Waals surface area contributed by atoms with E-state index < -0.39 is 7.38 Å². The lowest BCUT2D eigenvalue weighted by Crippen LogP contribution is -2.21. The molecule has 0 aliphatic carbocycles. The topological polar surface area (TPSA) is 0 Å². The predicted molar refractivity (Wildman–Crippen MR) is 75.4 cm³/mol. The summed E-state index contributed by atoms with van der Waals surface area (Å²) in [5.74, 6) is 0. The summed E-state index contributed by atoms with van der Waals surface area (Å²) in [4.78, 5) is 0. The molecule has 0 fully saturated rings. The summed E-state index contributed by atoms with van der Waals surface area (Å²) in [7, 11) is -1.32. The van der Waals surface area contributed by atoms with Crippen LogP contribution < -0.4 is 0 Å². The molecule has 0 aliphatic rings. The van der Waals surface area contributed by atoms with Crippen molar-refractivity contribution in [2.24, 2.45) is 0 Å². The minimum Gasteiger partial charge on any atom is -0.167 e. The Hall–Kier alpha value is 0.507. The minimum atomic E-state index is -1.32. The Morgan fingerprint density at radius 3 is 1.80 bits per heavy atom. The van der Waals surface area contributed by atoms with Gasteiger partial charge in [0.1, 0.15) is 0 Å². The SMILES string of the molecule is CCCCCCCC[Si](C)(Cl)CCCC. The zero-order chi connectivity index (χ0) is 11.6. The molecule has 1 unspecified atom stereocenters. The molecule has 0 aromatic carbocycles. The maximum atomic E-state index is 6.59. The van der Waals surface area contributed by atoms with Gasteiger partial charge in [-0.15, -0.1) is 0 Å². The van der Waals surface area contributed by atoms with Crippen molar-refractivity contribution >= 4 is 18.5 Å². The Kier molecular flexibility index (Phi) is 10.0. The monoisotopic (exact) mass is 248 g/mol. The molecule has 0 heterocycles. The first-order valence-corrected chi connectivity index (χ1v) is 10.7. The lowest BCUT2D eigenvalue weighted by atomic mass is 10.1. The van der Waals surface area contributed by atoms with Crippen molar-refractivity contribution in [2.45, 2.75) is 83.8 Å². The second-order valence-corrected chi connectivity index (χ2v) is 11.6. The molecule has 0 saturated heterocycles. The van der Waals surface area contributed by atoms with Crippen LogP contribution in [0.1, 0.15) is 65.2 Å². The second kappa shape index (κ2) is 9.71. The summed E-state index contributed by atoms with van der Waals surface area (Å²) in [6.45, 7) is 6.87. The summed E-state index contributed by atoms with van der Waals surface area (Å²) in [5.41, 5.74) is 0. The molecule has 0 saturated carbocycles. The first-order valence-electron chi connectivity index (χ1n) is 6.81. The van der Waals surface area contributed by atoms with Crippen LogP contribution in [0.3, 0.4) is 0 Å². The molecular formula is C13H29ClSi. The van der Waals surface area contributed by atoms with E-state index in [2.05, 4.69) is 20.4 Å². The van der Waals surface area contributed by atoms with E-state index in [-0.39, 0.29) is 0 Å². The average molecular weight is 249 g/mol. The summed E-state index contributed by atoms with van der Waals surface area (Å²) < 4.78 is 0. The molecule has 2 heteroatoms. The van der Waals surface area contributed by atoms with E-state index in [1.165, 1.54) is 63.5 Å². The second-order valence-electron chi connectivity index (χ2n) is 5.03. The number of unbranched alkanes of at least 4 members (excludes halogenated alkanes) is 6. The molecule has 0 aliphatic heterocycles. The third kappa shape index (κ3) is 10.8. The fourth-order valence-corrected chi connectivity index (χ4v) is 5.07. The van der Waals surface area contributed by atoms with Gasteiger partial charge in [0.25, 0.3) is 0 Å². The molecule has 0 radical (unpaired) electrons. The molecule has 0 spiro atoms. The van der Waals surface area contributed by atoms with Gasteiger partial charge in [0, 0.05) is 0 Å². The van der Waals surface area contributed by atoms with E-state index in [1.54, 1.807) is 0 Å². The van der Waals surface area contributed by atoms with E-state index >= 15 is 0 Å². The summed E-state index contributed by atoms with van der Waals surface area (Å²) in [6, 6.07) is 2.65. The highest BCUT2D eigenvalue weighted by atomic mass is 35.6. The Labute approximate surface area is 103 Å². The highest BCUT2D eigenvalue weighted by molar-refractivity contribution is 7.19. The van der Waals surface area contributed by atoms with Crippen molar-refractivity contribution in [1.82, 2.24) is 0 Å². The molecule has 0 rings (SSSR count). The summed E-state index contributed by atoms with van der Waals surface area (Å²) in [5, 5.41) is 0. The molecule has 92 valence electrons. The van der Waals surface area contributed by atoms with Crippen LogP contribution in [0.25, 0.3) is 0 Å². The smallest absolute Gasteiger partial charge is 0.153 e. The molecule has 1 atom stereocenters. The number of hydrogen-bond acceptors (Lipinski definition) is 0. The highest BCUT2D eigenvalue weighted by Gasteiger charge is 2.22. The van der Waals surface area contributed by atoms with Gasteiger partial charge in [-0.2, -0.15) is 11.1 Å². The molecule has 0 bridgehead atoms. The van der Waals surface area contributed by atoms with Crippen LogP contribution in [0.2, 0.25) is 18.6 Å². The molecular weight excluding hydrogens is 220 g/mol. The normalized spacial score (nSPS) is 15.2. The average Bonchev–Trinajstić information content (AvgIpc) is 2.20. The highest BCUT2D eigenvalue weighted by Crippen LogP contribution is 2.26. The number of hydrogen-bond donors (Lipinski definition) is 0. The van der Waals surface area contributed by atoms with Crippen LogP contribution in [-0.2, 0) is 0 Å². The zero-order valence-electron chi connectivity index (χ0n) is 10.9.